The Labute approximate surface area is 303 Å². The quantitative estimate of drug-likeness (QED) is 0.186. The van der Waals surface area contributed by atoms with E-state index in [0.717, 1.165) is 39.0 Å². The summed E-state index contributed by atoms with van der Waals surface area (Å²) in [5, 5.41) is 7.20. The van der Waals surface area contributed by atoms with Crippen molar-refractivity contribution in [3.8, 4) is 45.0 Å². The first-order valence-corrected chi connectivity index (χ1v) is 18.3. The fraction of sp³-hybridized carbons (Fsp3) is 0. The summed E-state index contributed by atoms with van der Waals surface area (Å²) < 4.78 is 2.48. The van der Waals surface area contributed by atoms with Gasteiger partial charge in [-0.2, -0.15) is 9.97 Å². The highest BCUT2D eigenvalue weighted by Crippen LogP contribution is 2.52. The van der Waals surface area contributed by atoms with E-state index in [0.29, 0.717) is 17.6 Å². The van der Waals surface area contributed by atoms with Crippen LogP contribution < -0.4 is 4.90 Å². The molecule has 5 heteroatoms. The Kier molecular flexibility index (Phi) is 6.39. The molecule has 8 aromatic carbocycles. The van der Waals surface area contributed by atoms with Crippen molar-refractivity contribution in [2.45, 2.75) is 0 Å². The maximum Gasteiger partial charge on any atom is 0.238 e. The third-order valence-corrected chi connectivity index (χ3v) is 11.4. The molecule has 0 radical (unpaired) electrons. The molecule has 0 fully saturated rings. The number of hydrogen-bond acceptors (Lipinski definition) is 5. The zero-order valence-electron chi connectivity index (χ0n) is 27.9. The third kappa shape index (κ3) is 4.50. The summed E-state index contributed by atoms with van der Waals surface area (Å²) in [6.45, 7) is 0. The van der Waals surface area contributed by atoms with Crippen LogP contribution in [0, 0.1) is 0 Å². The fourth-order valence-corrected chi connectivity index (χ4v) is 8.95. The van der Waals surface area contributed by atoms with Crippen molar-refractivity contribution >= 4 is 70.4 Å². The van der Waals surface area contributed by atoms with Crippen LogP contribution in [0.3, 0.4) is 0 Å². The van der Waals surface area contributed by atoms with E-state index >= 15 is 0 Å². The zero-order chi connectivity index (χ0) is 34.2. The molecule has 10 aromatic rings. The maximum absolute atomic E-state index is 5.35. The van der Waals surface area contributed by atoms with Gasteiger partial charge >= 0.3 is 0 Å². The van der Waals surface area contributed by atoms with E-state index in [1.165, 1.54) is 47.5 Å². The fourth-order valence-electron chi connectivity index (χ4n) is 7.80. The molecule has 52 heavy (non-hydrogen) atoms. The van der Waals surface area contributed by atoms with Crippen LogP contribution in [0.15, 0.2) is 170 Å². The Balaban J connectivity index is 1.18. The highest BCUT2D eigenvalue weighted by molar-refractivity contribution is 7.25. The van der Waals surface area contributed by atoms with Crippen molar-refractivity contribution < 1.29 is 0 Å². The molecule has 0 unspecified atom stereocenters. The first kappa shape index (κ1) is 29.1. The molecule has 0 amide bonds. The third-order valence-electron chi connectivity index (χ3n) is 10.2. The van der Waals surface area contributed by atoms with Gasteiger partial charge in [0.2, 0.25) is 5.95 Å². The van der Waals surface area contributed by atoms with Gasteiger partial charge in [-0.05, 0) is 45.7 Å². The van der Waals surface area contributed by atoms with Gasteiger partial charge in [0, 0.05) is 47.6 Å². The van der Waals surface area contributed by atoms with Crippen LogP contribution in [0.5, 0.6) is 0 Å². The zero-order valence-corrected chi connectivity index (χ0v) is 28.7. The normalized spacial score (nSPS) is 12.2. The number of aromatic nitrogens is 3. The Hall–Kier alpha value is -6.69. The van der Waals surface area contributed by atoms with Crippen LogP contribution in [0.1, 0.15) is 0 Å². The topological polar surface area (TPSA) is 41.9 Å². The minimum Gasteiger partial charge on any atom is -0.277 e. The van der Waals surface area contributed by atoms with Crippen LogP contribution in [0.4, 0.5) is 17.3 Å². The van der Waals surface area contributed by atoms with E-state index in [1.807, 2.05) is 6.07 Å². The second-order valence-electron chi connectivity index (χ2n) is 13.2. The highest BCUT2D eigenvalue weighted by atomic mass is 32.1. The van der Waals surface area contributed by atoms with Gasteiger partial charge in [0.05, 0.1) is 11.4 Å². The van der Waals surface area contributed by atoms with Gasteiger partial charge in [-0.3, -0.25) is 4.90 Å². The first-order chi connectivity index (χ1) is 25.8. The lowest BCUT2D eigenvalue weighted by molar-refractivity contribution is 1.03. The molecule has 0 aliphatic carbocycles. The SMILES string of the molecule is c1ccc(-c2ccc(-c3nc(-c4ccc5c(c4)sc4ccccc45)nc(N4c5c(ccc6ccccc56)-c5cccc6cccc4c56)n3)cc2)cc1. The Bertz CT molecular complexity index is 3020. The van der Waals surface area contributed by atoms with E-state index in [1.54, 1.807) is 11.3 Å². The second kappa shape index (κ2) is 11.4. The molecule has 0 saturated heterocycles. The molecule has 3 heterocycles. The van der Waals surface area contributed by atoms with Gasteiger partial charge in [0.1, 0.15) is 0 Å². The number of hydrogen-bond donors (Lipinski definition) is 0. The molecule has 0 N–H and O–H groups in total. The van der Waals surface area contributed by atoms with Crippen LogP contribution in [0.2, 0.25) is 0 Å². The molecule has 11 rings (SSSR count). The van der Waals surface area contributed by atoms with Crippen molar-refractivity contribution in [2.75, 3.05) is 4.90 Å². The van der Waals surface area contributed by atoms with Crippen LogP contribution in [0.25, 0.3) is 86.7 Å². The number of thiophene rings is 1. The van der Waals surface area contributed by atoms with Crippen molar-refractivity contribution in [3.63, 3.8) is 0 Å². The van der Waals surface area contributed by atoms with Crippen LogP contribution in [-0.4, -0.2) is 15.0 Å². The molecule has 0 saturated carbocycles. The molecule has 0 bridgehead atoms. The average Bonchev–Trinajstić information content (AvgIpc) is 3.59. The minimum atomic E-state index is 0.586. The Morgan fingerprint density at radius 1 is 0.404 bits per heavy atom. The number of benzene rings is 8. The van der Waals surface area contributed by atoms with E-state index < -0.39 is 0 Å². The predicted molar refractivity (Wildman–Crippen MR) is 218 cm³/mol. The van der Waals surface area contributed by atoms with E-state index in [4.69, 9.17) is 15.0 Å². The molecule has 1 aliphatic heterocycles. The lowest BCUT2D eigenvalue weighted by atomic mass is 9.89. The second-order valence-corrected chi connectivity index (χ2v) is 14.3. The maximum atomic E-state index is 5.35. The molecule has 242 valence electrons. The summed E-state index contributed by atoms with van der Waals surface area (Å²) in [7, 11) is 0. The summed E-state index contributed by atoms with van der Waals surface area (Å²) in [5.74, 6) is 1.85. The molecule has 1 aliphatic rings. The monoisotopic (exact) mass is 680 g/mol. The predicted octanol–water partition coefficient (Wildman–Crippen LogP) is 13.0. The summed E-state index contributed by atoms with van der Waals surface area (Å²) in [5.41, 5.74) is 8.71. The number of fused-ring (bicyclic) bond motifs is 7. The van der Waals surface area contributed by atoms with Gasteiger partial charge in [-0.15, -0.1) is 11.3 Å². The molecular weight excluding hydrogens is 653 g/mol. The lowest BCUT2D eigenvalue weighted by Crippen LogP contribution is -2.19. The van der Waals surface area contributed by atoms with Crippen molar-refractivity contribution in [3.05, 3.63) is 170 Å². The van der Waals surface area contributed by atoms with E-state index in [2.05, 4.69) is 169 Å². The summed E-state index contributed by atoms with van der Waals surface area (Å²) in [6, 6.07) is 60.3. The van der Waals surface area contributed by atoms with Crippen molar-refractivity contribution in [1.82, 2.24) is 15.0 Å². The summed E-state index contributed by atoms with van der Waals surface area (Å²) in [6.07, 6.45) is 0. The number of nitrogens with zero attached hydrogens (tertiary/aromatic N) is 4. The van der Waals surface area contributed by atoms with Crippen molar-refractivity contribution in [1.29, 1.82) is 0 Å². The molecule has 4 nitrogen and oxygen atoms in total. The van der Waals surface area contributed by atoms with Gasteiger partial charge in [0.15, 0.2) is 11.6 Å². The van der Waals surface area contributed by atoms with Gasteiger partial charge in [0.25, 0.3) is 0 Å². The van der Waals surface area contributed by atoms with Gasteiger partial charge in [-0.25, -0.2) is 4.98 Å². The van der Waals surface area contributed by atoms with Crippen LogP contribution in [-0.2, 0) is 0 Å². The van der Waals surface area contributed by atoms with Crippen molar-refractivity contribution in [2.24, 2.45) is 0 Å². The highest BCUT2D eigenvalue weighted by Gasteiger charge is 2.30. The Morgan fingerprint density at radius 3 is 1.92 bits per heavy atom. The summed E-state index contributed by atoms with van der Waals surface area (Å²) >= 11 is 1.80. The molecular formula is C47H28N4S. The summed E-state index contributed by atoms with van der Waals surface area (Å²) in [4.78, 5) is 18.1. The Morgan fingerprint density at radius 2 is 1.06 bits per heavy atom. The largest absolute Gasteiger partial charge is 0.277 e. The average molecular weight is 681 g/mol. The number of anilines is 3. The molecule has 0 spiro atoms. The standard InChI is InChI=1S/C47H28N4S/c1-2-10-29(11-3-1)30-20-22-33(23-21-30)45-48-46(34-25-26-37-36-16-6-7-19-41(36)52-42(37)28-34)50-47(49-45)51-40-18-9-14-32-13-8-17-38(43(32)40)39-27-24-31-12-4-5-15-35(31)44(39)51/h1-28H. The van der Waals surface area contributed by atoms with E-state index in [9.17, 15) is 0 Å². The minimum absolute atomic E-state index is 0.586. The number of rotatable bonds is 4. The molecule has 0 atom stereocenters. The smallest absolute Gasteiger partial charge is 0.238 e. The van der Waals surface area contributed by atoms with Gasteiger partial charge < -0.3 is 0 Å². The lowest BCUT2D eigenvalue weighted by Gasteiger charge is -2.33. The molecule has 2 aromatic heterocycles. The first-order valence-electron chi connectivity index (χ1n) is 17.4. The van der Waals surface area contributed by atoms with E-state index in [-0.39, 0.29) is 0 Å². The van der Waals surface area contributed by atoms with Crippen LogP contribution >= 0.6 is 11.3 Å². The van der Waals surface area contributed by atoms with Gasteiger partial charge in [-0.1, -0.05) is 152 Å².